The highest BCUT2D eigenvalue weighted by Crippen LogP contribution is 2.30. The Labute approximate surface area is 181 Å². The van der Waals surface area contributed by atoms with Gasteiger partial charge >= 0.3 is 5.97 Å². The van der Waals surface area contributed by atoms with E-state index in [9.17, 15) is 15.0 Å². The van der Waals surface area contributed by atoms with Crippen molar-refractivity contribution in [3.8, 4) is 0 Å². The van der Waals surface area contributed by atoms with Gasteiger partial charge in [-0.05, 0) is 13.3 Å². The number of carboxylic acids is 1. The van der Waals surface area contributed by atoms with Crippen molar-refractivity contribution in [2.75, 3.05) is 21.1 Å². The Morgan fingerprint density at radius 3 is 1.28 bits per heavy atom. The first-order chi connectivity index (χ1) is 13.7. The molecular formula is C25H52NO3+. The van der Waals surface area contributed by atoms with Crippen LogP contribution in [0.5, 0.6) is 0 Å². The molecule has 0 spiro atoms. The minimum absolute atomic E-state index is 0.249. The molecule has 0 heterocycles. The van der Waals surface area contributed by atoms with Gasteiger partial charge in [0.25, 0.3) is 0 Å². The summed E-state index contributed by atoms with van der Waals surface area (Å²) in [4.78, 5) is 11.9. The summed E-state index contributed by atoms with van der Waals surface area (Å²) in [5, 5.41) is 20.0. The maximum Gasteiger partial charge on any atom is 0.368 e. The molecule has 2 unspecified atom stereocenters. The van der Waals surface area contributed by atoms with E-state index in [1.807, 2.05) is 21.1 Å². The summed E-state index contributed by atoms with van der Waals surface area (Å²) in [6, 6.07) is 0. The van der Waals surface area contributed by atoms with Crippen LogP contribution >= 0.6 is 0 Å². The average molecular weight is 415 g/mol. The maximum absolute atomic E-state index is 11.9. The topological polar surface area (TPSA) is 57.5 Å². The monoisotopic (exact) mass is 414 g/mol. The van der Waals surface area contributed by atoms with Crippen LogP contribution in [0.1, 0.15) is 123 Å². The van der Waals surface area contributed by atoms with Crippen molar-refractivity contribution in [2.45, 2.75) is 135 Å². The summed E-state index contributed by atoms with van der Waals surface area (Å²) in [6.07, 6.45) is 20.6. The van der Waals surface area contributed by atoms with Gasteiger partial charge in [0.15, 0.2) is 0 Å². The first-order valence-corrected chi connectivity index (χ1v) is 12.4. The molecule has 4 nitrogen and oxygen atoms in total. The SMILES string of the molecule is CCCCCCCCCCCCCCCCCCC(C(=O)O)(C(C)O)[N+](C)(C)C. The Morgan fingerprint density at radius 1 is 0.724 bits per heavy atom. The lowest BCUT2D eigenvalue weighted by Gasteiger charge is -2.44. The van der Waals surface area contributed by atoms with Crippen LogP contribution < -0.4 is 0 Å². The van der Waals surface area contributed by atoms with E-state index < -0.39 is 17.6 Å². The zero-order chi connectivity index (χ0) is 22.2. The van der Waals surface area contributed by atoms with E-state index in [4.69, 9.17) is 0 Å². The third-order valence-electron chi connectivity index (χ3n) is 6.67. The molecule has 0 aliphatic carbocycles. The van der Waals surface area contributed by atoms with E-state index >= 15 is 0 Å². The summed E-state index contributed by atoms with van der Waals surface area (Å²) >= 11 is 0. The van der Waals surface area contributed by atoms with Gasteiger partial charge in [-0.3, -0.25) is 0 Å². The lowest BCUT2D eigenvalue weighted by Crippen LogP contribution is -2.67. The fraction of sp³-hybridized carbons (Fsp3) is 0.960. The number of likely N-dealkylation sites (N-methyl/N-ethyl adjacent to an activating group) is 1. The van der Waals surface area contributed by atoms with E-state index in [2.05, 4.69) is 6.92 Å². The lowest BCUT2D eigenvalue weighted by molar-refractivity contribution is -0.918. The Balaban J connectivity index is 3.69. The molecule has 2 atom stereocenters. The van der Waals surface area contributed by atoms with Gasteiger partial charge in [-0.25, -0.2) is 4.79 Å². The summed E-state index contributed by atoms with van der Waals surface area (Å²) < 4.78 is 0.249. The minimum Gasteiger partial charge on any atom is -0.477 e. The van der Waals surface area contributed by atoms with Crippen LogP contribution in [0.2, 0.25) is 0 Å². The molecule has 0 aromatic carbocycles. The summed E-state index contributed by atoms with van der Waals surface area (Å²) in [7, 11) is 5.61. The fourth-order valence-electron chi connectivity index (χ4n) is 4.62. The molecule has 0 fully saturated rings. The second-order valence-corrected chi connectivity index (χ2v) is 9.97. The number of unbranched alkanes of at least 4 members (excludes halogenated alkanes) is 15. The minimum atomic E-state index is -1.12. The van der Waals surface area contributed by atoms with Gasteiger partial charge in [-0.15, -0.1) is 0 Å². The summed E-state index contributed by atoms with van der Waals surface area (Å²) in [5.74, 6) is -0.888. The van der Waals surface area contributed by atoms with E-state index in [0.717, 1.165) is 12.8 Å². The first-order valence-electron chi connectivity index (χ1n) is 12.4. The van der Waals surface area contributed by atoms with Gasteiger partial charge in [-0.2, -0.15) is 0 Å². The molecule has 0 saturated heterocycles. The van der Waals surface area contributed by atoms with Crippen LogP contribution in [0, 0.1) is 0 Å². The molecule has 0 aromatic rings. The molecule has 0 bridgehead atoms. The van der Waals surface area contributed by atoms with Crippen LogP contribution in [-0.2, 0) is 4.79 Å². The number of hydrogen-bond acceptors (Lipinski definition) is 2. The van der Waals surface area contributed by atoms with Gasteiger partial charge in [0.05, 0.1) is 21.1 Å². The highest BCUT2D eigenvalue weighted by molar-refractivity contribution is 5.78. The standard InChI is InChI=1S/C25H51NO3/c1-6-7-8-9-10-11-12-13-14-15-16-17-18-19-20-21-22-25(23(2)27,24(28)29)26(3,4)5/h23,27H,6-22H2,1-5H3/p+1. The molecule has 2 N–H and O–H groups in total. The summed E-state index contributed by atoms with van der Waals surface area (Å²) in [5.41, 5.74) is -1.12. The Morgan fingerprint density at radius 2 is 1.03 bits per heavy atom. The van der Waals surface area contributed by atoms with Gasteiger partial charge in [-0.1, -0.05) is 103 Å². The maximum atomic E-state index is 11.9. The molecule has 0 rings (SSSR count). The number of nitrogens with zero attached hydrogens (tertiary/aromatic N) is 1. The van der Waals surface area contributed by atoms with Crippen molar-refractivity contribution in [2.24, 2.45) is 0 Å². The van der Waals surface area contributed by atoms with Crippen LogP contribution in [0.4, 0.5) is 0 Å². The Bertz CT molecular complexity index is 403. The molecule has 29 heavy (non-hydrogen) atoms. The van der Waals surface area contributed by atoms with Crippen LogP contribution in [0.15, 0.2) is 0 Å². The van der Waals surface area contributed by atoms with Crippen molar-refractivity contribution in [1.82, 2.24) is 0 Å². The quantitative estimate of drug-likeness (QED) is 0.175. The zero-order valence-corrected chi connectivity index (χ0v) is 20.3. The molecular weight excluding hydrogens is 362 g/mol. The molecule has 0 radical (unpaired) electrons. The second kappa shape index (κ2) is 16.1. The molecule has 0 aliphatic heterocycles. The number of aliphatic hydroxyl groups excluding tert-OH is 1. The fourth-order valence-corrected chi connectivity index (χ4v) is 4.62. The van der Waals surface area contributed by atoms with Gasteiger partial charge in [0.1, 0.15) is 6.10 Å². The predicted molar refractivity (Wildman–Crippen MR) is 124 cm³/mol. The molecule has 0 aliphatic rings. The van der Waals surface area contributed by atoms with Crippen molar-refractivity contribution in [1.29, 1.82) is 0 Å². The van der Waals surface area contributed by atoms with E-state index in [-0.39, 0.29) is 4.48 Å². The van der Waals surface area contributed by atoms with Crippen LogP contribution in [0.25, 0.3) is 0 Å². The van der Waals surface area contributed by atoms with E-state index in [1.165, 1.54) is 89.9 Å². The number of carboxylic acid groups (broad SMARTS) is 1. The van der Waals surface area contributed by atoms with Crippen molar-refractivity contribution in [3.05, 3.63) is 0 Å². The highest BCUT2D eigenvalue weighted by Gasteiger charge is 2.54. The molecule has 0 amide bonds. The van der Waals surface area contributed by atoms with Crippen molar-refractivity contribution < 1.29 is 19.5 Å². The number of aliphatic carboxylic acids is 1. The lowest BCUT2D eigenvalue weighted by atomic mass is 9.84. The predicted octanol–water partition coefficient (Wildman–Crippen LogP) is 6.55. The molecule has 0 saturated carbocycles. The molecule has 4 heteroatoms. The molecule has 174 valence electrons. The number of hydrogen-bond donors (Lipinski definition) is 2. The van der Waals surface area contributed by atoms with Crippen molar-refractivity contribution >= 4 is 5.97 Å². The third-order valence-corrected chi connectivity index (χ3v) is 6.67. The first kappa shape index (κ1) is 28.4. The third kappa shape index (κ3) is 11.4. The smallest absolute Gasteiger partial charge is 0.368 e. The van der Waals surface area contributed by atoms with Crippen molar-refractivity contribution in [3.63, 3.8) is 0 Å². The summed E-state index contributed by atoms with van der Waals surface area (Å²) in [6.45, 7) is 3.89. The number of rotatable bonds is 20. The van der Waals surface area contributed by atoms with Gasteiger partial charge < -0.3 is 14.7 Å². The normalized spacial score (nSPS) is 15.2. The second-order valence-electron chi connectivity index (χ2n) is 9.97. The van der Waals surface area contributed by atoms with Gasteiger partial charge in [0.2, 0.25) is 5.54 Å². The van der Waals surface area contributed by atoms with Gasteiger partial charge in [0, 0.05) is 6.42 Å². The number of quaternary nitrogens is 1. The van der Waals surface area contributed by atoms with Crippen LogP contribution in [0.3, 0.4) is 0 Å². The van der Waals surface area contributed by atoms with E-state index in [0.29, 0.717) is 6.42 Å². The van der Waals surface area contributed by atoms with Crippen LogP contribution in [-0.4, -0.2) is 53.5 Å². The Kier molecular flexibility index (Phi) is 15.8. The zero-order valence-electron chi connectivity index (χ0n) is 20.3. The largest absolute Gasteiger partial charge is 0.477 e. The number of aliphatic hydroxyl groups is 1. The molecule has 0 aromatic heterocycles. The number of carbonyl (C=O) groups is 1. The average Bonchev–Trinajstić information content (AvgIpc) is 2.62. The highest BCUT2D eigenvalue weighted by atomic mass is 16.4. The van der Waals surface area contributed by atoms with E-state index in [1.54, 1.807) is 6.92 Å². The Hall–Kier alpha value is -0.610.